The predicted octanol–water partition coefficient (Wildman–Crippen LogP) is 3.13. The smallest absolute Gasteiger partial charge is 0.343 e. The molecule has 4 heterocycles. The summed E-state index contributed by atoms with van der Waals surface area (Å²) in [4.78, 5) is 43.1. The van der Waals surface area contributed by atoms with Gasteiger partial charge in [0.2, 0.25) is 0 Å². The molecule has 218 valence electrons. The highest BCUT2D eigenvalue weighted by Gasteiger charge is 2.45. The van der Waals surface area contributed by atoms with Gasteiger partial charge in [-0.1, -0.05) is 13.8 Å². The van der Waals surface area contributed by atoms with E-state index in [4.69, 9.17) is 24.9 Å². The van der Waals surface area contributed by atoms with E-state index >= 15 is 0 Å². The molecule has 2 aliphatic heterocycles. The Hall–Kier alpha value is -3.96. The molecule has 0 radical (unpaired) electrons. The van der Waals surface area contributed by atoms with Crippen molar-refractivity contribution in [2.24, 2.45) is 5.73 Å². The fourth-order valence-corrected chi connectivity index (χ4v) is 5.59. The number of carbonyl (C=O) groups excluding carboxylic acids is 2. The molecule has 0 aliphatic carbocycles. The van der Waals surface area contributed by atoms with Crippen molar-refractivity contribution in [2.75, 3.05) is 0 Å². The van der Waals surface area contributed by atoms with Crippen LogP contribution in [0.25, 0.3) is 22.3 Å². The van der Waals surface area contributed by atoms with E-state index in [1.54, 1.807) is 44.4 Å². The number of carbonyl (C=O) groups is 2. The molecule has 0 saturated heterocycles. The number of nitrogens with zero attached hydrogens (tertiary/aromatic N) is 2. The van der Waals surface area contributed by atoms with E-state index < -0.39 is 29.4 Å². The highest BCUT2D eigenvalue weighted by Crippen LogP contribution is 2.44. The van der Waals surface area contributed by atoms with Crippen LogP contribution in [0.15, 0.2) is 23.0 Å². The second-order valence-corrected chi connectivity index (χ2v) is 11.5. The van der Waals surface area contributed by atoms with E-state index in [0.717, 1.165) is 11.1 Å². The standard InChI is InChI=1S/C30H35N3O8/c1-6-15-16-13-33-20(12-18-17(27(33)36)14-39-28(37)30(18,38)7-2)25(16)32-19-8-9-21(34)26(24(15)19)40-22(31)10-11-23(35)41-29(3,4)5/h8-9,12,22,34,38H,6-7,10-11,13-14,31H2,1-5H3/t22?,30-/m1/s1. The number of aryl methyl sites for hydroxylation is 1. The topological polar surface area (TPSA) is 163 Å². The van der Waals surface area contributed by atoms with E-state index in [1.165, 1.54) is 6.07 Å². The van der Waals surface area contributed by atoms with Gasteiger partial charge in [-0.05, 0) is 57.4 Å². The maximum absolute atomic E-state index is 13.6. The quantitative estimate of drug-likeness (QED) is 0.224. The molecule has 5 rings (SSSR count). The summed E-state index contributed by atoms with van der Waals surface area (Å²) >= 11 is 0. The Morgan fingerprint density at radius 3 is 2.63 bits per heavy atom. The first-order chi connectivity index (χ1) is 19.3. The number of pyridine rings is 2. The first-order valence-electron chi connectivity index (χ1n) is 13.8. The summed E-state index contributed by atoms with van der Waals surface area (Å²) in [6.07, 6.45) is -0.131. The summed E-state index contributed by atoms with van der Waals surface area (Å²) in [6, 6.07) is 4.77. The number of phenolic OH excluding ortho intramolecular Hbond substituents is 1. The minimum Gasteiger partial charge on any atom is -0.504 e. The van der Waals surface area contributed by atoms with Crippen LogP contribution in [0.1, 0.15) is 76.1 Å². The Bertz CT molecular complexity index is 1640. The molecule has 0 spiro atoms. The second-order valence-electron chi connectivity index (χ2n) is 11.5. The predicted molar refractivity (Wildman–Crippen MR) is 149 cm³/mol. The van der Waals surface area contributed by atoms with Crippen molar-refractivity contribution < 1.29 is 34.0 Å². The van der Waals surface area contributed by atoms with Gasteiger partial charge >= 0.3 is 11.9 Å². The third-order valence-corrected chi connectivity index (χ3v) is 7.58. The van der Waals surface area contributed by atoms with Crippen molar-refractivity contribution in [3.8, 4) is 22.9 Å². The van der Waals surface area contributed by atoms with Gasteiger partial charge in [0, 0.05) is 22.9 Å². The molecule has 2 atom stereocenters. The molecule has 3 aromatic rings. The van der Waals surface area contributed by atoms with Gasteiger partial charge in [-0.2, -0.15) is 0 Å². The van der Waals surface area contributed by atoms with Crippen molar-refractivity contribution in [1.29, 1.82) is 0 Å². The fourth-order valence-electron chi connectivity index (χ4n) is 5.59. The Labute approximate surface area is 236 Å². The Morgan fingerprint density at radius 2 is 1.98 bits per heavy atom. The van der Waals surface area contributed by atoms with Gasteiger partial charge < -0.3 is 29.0 Å². The maximum atomic E-state index is 13.6. The molecule has 41 heavy (non-hydrogen) atoms. The van der Waals surface area contributed by atoms with Crippen LogP contribution in [0.4, 0.5) is 0 Å². The van der Waals surface area contributed by atoms with Gasteiger partial charge in [0.05, 0.1) is 35.4 Å². The summed E-state index contributed by atoms with van der Waals surface area (Å²) in [5.74, 6) is -1.17. The lowest BCUT2D eigenvalue weighted by Gasteiger charge is -2.31. The van der Waals surface area contributed by atoms with Crippen molar-refractivity contribution in [3.05, 3.63) is 50.8 Å². The van der Waals surface area contributed by atoms with Gasteiger partial charge in [-0.3, -0.25) is 15.3 Å². The number of fused-ring (bicyclic) bond motifs is 5. The second kappa shape index (κ2) is 10.1. The molecular formula is C30H35N3O8. The number of hydrogen-bond acceptors (Lipinski definition) is 10. The molecule has 2 aliphatic rings. The number of hydrogen-bond donors (Lipinski definition) is 3. The zero-order valence-electron chi connectivity index (χ0n) is 23.9. The first kappa shape index (κ1) is 28.6. The SMILES string of the molecule is CCc1c2c(nc3ccc(O)c(OC(N)CCC(=O)OC(C)(C)C)c13)-c1cc3c(c(=O)n1C2)COC(=O)[C@@]3(O)CC. The lowest BCUT2D eigenvalue weighted by atomic mass is 9.86. The van der Waals surface area contributed by atoms with Gasteiger partial charge in [-0.25, -0.2) is 9.78 Å². The Morgan fingerprint density at radius 1 is 1.24 bits per heavy atom. The number of cyclic esters (lactones) is 1. The number of ether oxygens (including phenoxy) is 3. The monoisotopic (exact) mass is 565 g/mol. The molecule has 1 aromatic carbocycles. The number of rotatable bonds is 7. The lowest BCUT2D eigenvalue weighted by molar-refractivity contribution is -0.172. The van der Waals surface area contributed by atoms with E-state index in [2.05, 4.69) is 0 Å². The van der Waals surface area contributed by atoms with E-state index in [9.17, 15) is 24.6 Å². The number of phenols is 1. The van der Waals surface area contributed by atoms with Crippen LogP contribution in [-0.2, 0) is 44.2 Å². The minimum absolute atomic E-state index is 0.0392. The zero-order chi connectivity index (χ0) is 29.9. The molecule has 2 aromatic heterocycles. The van der Waals surface area contributed by atoms with Crippen LogP contribution in [0.2, 0.25) is 0 Å². The molecule has 11 nitrogen and oxygen atoms in total. The van der Waals surface area contributed by atoms with Crippen molar-refractivity contribution in [2.45, 2.75) is 90.9 Å². The van der Waals surface area contributed by atoms with Gasteiger partial charge in [0.25, 0.3) is 5.56 Å². The highest BCUT2D eigenvalue weighted by molar-refractivity contribution is 5.95. The number of nitrogens with two attached hydrogens (primary N) is 1. The van der Waals surface area contributed by atoms with Crippen molar-refractivity contribution >= 4 is 22.8 Å². The van der Waals surface area contributed by atoms with Crippen LogP contribution in [0, 0.1) is 0 Å². The molecule has 4 N–H and O–H groups in total. The molecule has 0 amide bonds. The van der Waals surface area contributed by atoms with Crippen LogP contribution >= 0.6 is 0 Å². The molecule has 0 fully saturated rings. The molecule has 0 saturated carbocycles. The normalized spacial score (nSPS) is 18.4. The first-order valence-corrected chi connectivity index (χ1v) is 13.8. The average molecular weight is 566 g/mol. The van der Waals surface area contributed by atoms with E-state index in [1.807, 2.05) is 6.92 Å². The summed E-state index contributed by atoms with van der Waals surface area (Å²) < 4.78 is 18.1. The number of esters is 2. The highest BCUT2D eigenvalue weighted by atomic mass is 16.6. The van der Waals surface area contributed by atoms with Crippen LogP contribution in [0.3, 0.4) is 0 Å². The van der Waals surface area contributed by atoms with Crippen LogP contribution < -0.4 is 16.0 Å². The summed E-state index contributed by atoms with van der Waals surface area (Å²) in [7, 11) is 0. The third kappa shape index (κ3) is 4.82. The number of benzene rings is 1. The molecule has 1 unspecified atom stereocenters. The fraction of sp³-hybridized carbons (Fsp3) is 0.467. The Kier molecular flexibility index (Phi) is 7.07. The maximum Gasteiger partial charge on any atom is 0.343 e. The van der Waals surface area contributed by atoms with Crippen molar-refractivity contribution in [1.82, 2.24) is 9.55 Å². The summed E-state index contributed by atoms with van der Waals surface area (Å²) in [6.45, 7) is 8.95. The number of aromatic nitrogens is 2. The number of aromatic hydroxyl groups is 1. The average Bonchev–Trinajstić information content (AvgIpc) is 3.28. The van der Waals surface area contributed by atoms with Gasteiger partial charge in [-0.15, -0.1) is 0 Å². The van der Waals surface area contributed by atoms with Gasteiger partial charge in [0.15, 0.2) is 17.1 Å². The molecule has 0 bridgehead atoms. The Balaban J connectivity index is 1.57. The van der Waals surface area contributed by atoms with Gasteiger partial charge in [0.1, 0.15) is 18.4 Å². The third-order valence-electron chi connectivity index (χ3n) is 7.58. The minimum atomic E-state index is -1.92. The molecule has 11 heteroatoms. The summed E-state index contributed by atoms with van der Waals surface area (Å²) in [5, 5.41) is 22.5. The largest absolute Gasteiger partial charge is 0.504 e. The van der Waals surface area contributed by atoms with Crippen LogP contribution in [-0.4, -0.2) is 43.5 Å². The number of aliphatic hydroxyl groups is 1. The molecular weight excluding hydrogens is 530 g/mol. The lowest BCUT2D eigenvalue weighted by Crippen LogP contribution is -2.44. The summed E-state index contributed by atoms with van der Waals surface area (Å²) in [5.41, 5.74) is 6.95. The van der Waals surface area contributed by atoms with E-state index in [0.29, 0.717) is 28.7 Å². The van der Waals surface area contributed by atoms with Crippen LogP contribution in [0.5, 0.6) is 11.5 Å². The van der Waals surface area contributed by atoms with E-state index in [-0.39, 0.29) is 60.6 Å². The zero-order valence-corrected chi connectivity index (χ0v) is 23.9. The van der Waals surface area contributed by atoms with Crippen molar-refractivity contribution in [3.63, 3.8) is 0 Å².